The first-order valence-electron chi connectivity index (χ1n) is 12.7. The topological polar surface area (TPSA) is 166 Å². The van der Waals surface area contributed by atoms with Gasteiger partial charge < -0.3 is 25.7 Å². The average molecular weight is 534 g/mol. The second-order valence-corrected chi connectivity index (χ2v) is 9.67. The first-order valence-corrected chi connectivity index (χ1v) is 12.7. The predicted molar refractivity (Wildman–Crippen MR) is 146 cm³/mol. The molecule has 4 atom stereocenters. The Balaban J connectivity index is 1.70. The van der Waals surface area contributed by atoms with E-state index in [-0.39, 0.29) is 17.7 Å². The fraction of sp³-hybridized carbons (Fsp3) is 0.321. The molecule has 0 saturated heterocycles. The maximum atomic E-state index is 13.6. The summed E-state index contributed by atoms with van der Waals surface area (Å²) < 4.78 is 0.864. The summed E-state index contributed by atoms with van der Waals surface area (Å²) in [6.07, 6.45) is 2.22. The third-order valence-electron chi connectivity index (χ3n) is 7.07. The number of nitrogens with zero attached hydrogens (tertiary/aromatic N) is 1. The van der Waals surface area contributed by atoms with Crippen LogP contribution in [-0.4, -0.2) is 49.5 Å². The number of carbonyl (C=O) groups is 3. The Morgan fingerprint density at radius 1 is 0.923 bits per heavy atom. The van der Waals surface area contributed by atoms with Crippen LogP contribution in [0.5, 0.6) is 0 Å². The number of hydrogen-bond acceptors (Lipinski definition) is 5. The molecule has 0 saturated carbocycles. The van der Waals surface area contributed by atoms with Gasteiger partial charge in [0.1, 0.15) is 18.1 Å². The smallest absolute Gasteiger partial charge is 0.329 e. The van der Waals surface area contributed by atoms with E-state index < -0.39 is 47.2 Å². The molecule has 0 aliphatic rings. The number of hydrogen-bond donors (Lipinski definition) is 5. The van der Waals surface area contributed by atoms with E-state index in [1.54, 1.807) is 37.4 Å². The molecule has 0 fully saturated rings. The second-order valence-electron chi connectivity index (χ2n) is 9.67. The van der Waals surface area contributed by atoms with Gasteiger partial charge in [0, 0.05) is 23.5 Å². The van der Waals surface area contributed by atoms with Gasteiger partial charge in [-0.1, -0.05) is 50.6 Å². The van der Waals surface area contributed by atoms with E-state index in [0.717, 1.165) is 15.5 Å². The molecule has 0 radical (unpaired) electrons. The number of fused-ring (bicyclic) bond motifs is 2. The largest absolute Gasteiger partial charge is 0.480 e. The molecule has 0 aliphatic carbocycles. The van der Waals surface area contributed by atoms with Crippen LogP contribution in [0, 0.1) is 5.92 Å². The number of aliphatic carboxylic acids is 1. The van der Waals surface area contributed by atoms with Gasteiger partial charge in [-0.2, -0.15) is 0 Å². The third kappa shape index (κ3) is 5.62. The number of amides is 2. The summed E-state index contributed by atoms with van der Waals surface area (Å²) in [4.78, 5) is 70.5. The van der Waals surface area contributed by atoms with Crippen molar-refractivity contribution in [2.24, 2.45) is 5.92 Å². The van der Waals surface area contributed by atoms with Crippen molar-refractivity contribution in [2.75, 3.05) is 0 Å². The Kier molecular flexibility index (Phi) is 7.99. The highest BCUT2D eigenvalue weighted by Gasteiger charge is 2.31. The standard InChI is InChI=1S/C28H31N5O6/c1-4-15(2)23(27(37)38)32-24(34)16(3)30-25(35)22(13-17-14-29-20-11-7-5-9-18(17)20)33-26(36)19-10-6-8-12-21(19)31-28(33)39/h5-12,14-16,22-23,29H,4,13H2,1-3H3,(H,30,35)(H,31,39)(H,32,34)(H,37,38)/t15-,16-,22-,23-/m0/s1. The third-order valence-corrected chi connectivity index (χ3v) is 7.07. The first kappa shape index (κ1) is 27.4. The minimum atomic E-state index is -1.30. The molecule has 11 nitrogen and oxygen atoms in total. The number of carboxylic acids is 1. The Bertz CT molecular complexity index is 1650. The zero-order valence-electron chi connectivity index (χ0n) is 21.9. The molecular weight excluding hydrogens is 502 g/mol. The number of aromatic nitrogens is 3. The molecule has 2 aromatic carbocycles. The molecule has 0 unspecified atom stereocenters. The Morgan fingerprint density at radius 2 is 1.56 bits per heavy atom. The Morgan fingerprint density at radius 3 is 2.23 bits per heavy atom. The van der Waals surface area contributed by atoms with Gasteiger partial charge in [-0.3, -0.25) is 14.4 Å². The second kappa shape index (κ2) is 11.4. The quantitative estimate of drug-likeness (QED) is 0.209. The van der Waals surface area contributed by atoms with E-state index in [1.807, 2.05) is 31.2 Å². The lowest BCUT2D eigenvalue weighted by atomic mass is 9.99. The summed E-state index contributed by atoms with van der Waals surface area (Å²) in [5.74, 6) is -2.94. The van der Waals surface area contributed by atoms with Gasteiger partial charge in [-0.05, 0) is 36.6 Å². The molecular formula is C28H31N5O6. The summed E-state index contributed by atoms with van der Waals surface area (Å²) in [5.41, 5.74) is 0.453. The summed E-state index contributed by atoms with van der Waals surface area (Å²) in [5, 5.41) is 15.6. The number of H-pyrrole nitrogens is 2. The van der Waals surface area contributed by atoms with Gasteiger partial charge in [-0.25, -0.2) is 14.2 Å². The van der Waals surface area contributed by atoms with Crippen molar-refractivity contribution in [1.29, 1.82) is 0 Å². The Labute approximate surface area is 223 Å². The number of carboxylic acid groups (broad SMARTS) is 1. The average Bonchev–Trinajstić information content (AvgIpc) is 3.33. The fourth-order valence-electron chi connectivity index (χ4n) is 4.61. The lowest BCUT2D eigenvalue weighted by Gasteiger charge is -2.24. The Hall–Kier alpha value is -4.67. The molecule has 0 aliphatic heterocycles. The van der Waals surface area contributed by atoms with Crippen LogP contribution < -0.4 is 21.9 Å². The van der Waals surface area contributed by atoms with Crippen LogP contribution in [0.3, 0.4) is 0 Å². The van der Waals surface area contributed by atoms with Crippen LogP contribution in [-0.2, 0) is 20.8 Å². The van der Waals surface area contributed by atoms with Gasteiger partial charge in [-0.15, -0.1) is 0 Å². The lowest BCUT2D eigenvalue weighted by Crippen LogP contribution is -2.54. The highest BCUT2D eigenvalue weighted by Crippen LogP contribution is 2.22. The number of rotatable bonds is 10. The zero-order chi connectivity index (χ0) is 28.3. The van der Waals surface area contributed by atoms with Crippen molar-refractivity contribution in [2.45, 2.75) is 51.7 Å². The van der Waals surface area contributed by atoms with Gasteiger partial charge in [0.25, 0.3) is 5.56 Å². The number of nitrogens with one attached hydrogen (secondary N) is 4. The van der Waals surface area contributed by atoms with Crippen LogP contribution in [0.1, 0.15) is 38.8 Å². The van der Waals surface area contributed by atoms with Crippen LogP contribution in [0.25, 0.3) is 21.8 Å². The van der Waals surface area contributed by atoms with E-state index in [2.05, 4.69) is 20.6 Å². The van der Waals surface area contributed by atoms with Crippen molar-refractivity contribution in [3.05, 3.63) is 81.1 Å². The van der Waals surface area contributed by atoms with Crippen LogP contribution in [0.15, 0.2) is 64.3 Å². The molecule has 2 amide bonds. The van der Waals surface area contributed by atoms with Crippen molar-refractivity contribution < 1.29 is 19.5 Å². The minimum Gasteiger partial charge on any atom is -0.480 e. The number of benzene rings is 2. The minimum absolute atomic E-state index is 0.0177. The van der Waals surface area contributed by atoms with Crippen molar-refractivity contribution >= 4 is 39.6 Å². The summed E-state index contributed by atoms with van der Waals surface area (Å²) in [6.45, 7) is 4.93. The normalized spacial score (nSPS) is 14.4. The highest BCUT2D eigenvalue weighted by atomic mass is 16.4. The predicted octanol–water partition coefficient (Wildman–Crippen LogP) is 2.08. The van der Waals surface area contributed by atoms with E-state index in [1.165, 1.54) is 6.92 Å². The van der Waals surface area contributed by atoms with Crippen LogP contribution in [0.2, 0.25) is 0 Å². The summed E-state index contributed by atoms with van der Waals surface area (Å²) >= 11 is 0. The van der Waals surface area contributed by atoms with Gasteiger partial charge in [0.05, 0.1) is 10.9 Å². The SMILES string of the molecule is CC[C@H](C)[C@H](NC(=O)[C@H](C)NC(=O)[C@H](Cc1c[nH]c2ccccc12)n1c(=O)[nH]c2ccccc2c1=O)C(=O)O. The molecule has 4 aromatic rings. The van der Waals surface area contributed by atoms with Gasteiger partial charge in [0.15, 0.2) is 0 Å². The van der Waals surface area contributed by atoms with Gasteiger partial charge in [0.2, 0.25) is 11.8 Å². The van der Waals surface area contributed by atoms with Crippen molar-refractivity contribution in [1.82, 2.24) is 25.2 Å². The van der Waals surface area contributed by atoms with E-state index in [9.17, 15) is 29.1 Å². The molecule has 4 rings (SSSR count). The number of aromatic amines is 2. The maximum absolute atomic E-state index is 13.6. The van der Waals surface area contributed by atoms with E-state index >= 15 is 0 Å². The molecule has 204 valence electrons. The summed E-state index contributed by atoms with van der Waals surface area (Å²) in [7, 11) is 0. The van der Waals surface area contributed by atoms with Gasteiger partial charge >= 0.3 is 11.7 Å². The molecule has 0 spiro atoms. The molecule has 2 aromatic heterocycles. The fourth-order valence-corrected chi connectivity index (χ4v) is 4.61. The molecule has 5 N–H and O–H groups in total. The van der Waals surface area contributed by atoms with E-state index in [4.69, 9.17) is 0 Å². The molecule has 0 bridgehead atoms. The summed E-state index contributed by atoms with van der Waals surface area (Å²) in [6, 6.07) is 10.4. The molecule has 11 heteroatoms. The monoisotopic (exact) mass is 533 g/mol. The highest BCUT2D eigenvalue weighted by molar-refractivity contribution is 5.92. The number of para-hydroxylation sites is 2. The zero-order valence-corrected chi connectivity index (χ0v) is 21.9. The van der Waals surface area contributed by atoms with Crippen molar-refractivity contribution in [3.8, 4) is 0 Å². The first-order chi connectivity index (χ1) is 18.6. The van der Waals surface area contributed by atoms with Crippen LogP contribution >= 0.6 is 0 Å². The molecule has 39 heavy (non-hydrogen) atoms. The maximum Gasteiger partial charge on any atom is 0.329 e. The van der Waals surface area contributed by atoms with Crippen molar-refractivity contribution in [3.63, 3.8) is 0 Å². The number of carbonyl (C=O) groups excluding carboxylic acids is 2. The van der Waals surface area contributed by atoms with E-state index in [0.29, 0.717) is 17.5 Å². The van der Waals surface area contributed by atoms with Crippen LogP contribution in [0.4, 0.5) is 0 Å². The molecule has 2 heterocycles. The lowest BCUT2D eigenvalue weighted by molar-refractivity contribution is -0.143.